The van der Waals surface area contributed by atoms with Crippen molar-refractivity contribution in [2.75, 3.05) is 13.2 Å². The molecule has 1 aliphatic carbocycles. The zero-order chi connectivity index (χ0) is 16.8. The van der Waals surface area contributed by atoms with Crippen LogP contribution in [0.25, 0.3) is 0 Å². The van der Waals surface area contributed by atoms with E-state index in [0.29, 0.717) is 18.8 Å². The van der Waals surface area contributed by atoms with E-state index in [1.54, 1.807) is 6.92 Å². The summed E-state index contributed by atoms with van der Waals surface area (Å²) in [6.07, 6.45) is 2.88. The van der Waals surface area contributed by atoms with Crippen LogP contribution in [0.5, 0.6) is 0 Å². The van der Waals surface area contributed by atoms with Gasteiger partial charge in [0.1, 0.15) is 11.7 Å². The van der Waals surface area contributed by atoms with Gasteiger partial charge in [-0.3, -0.25) is 9.59 Å². The number of aryl methyl sites for hydroxylation is 1. The molecule has 1 aliphatic rings. The van der Waals surface area contributed by atoms with Crippen molar-refractivity contribution in [2.24, 2.45) is 5.92 Å². The molecule has 1 aromatic rings. The number of ether oxygens (including phenoxy) is 2. The Kier molecular flexibility index (Phi) is 5.97. The molecule has 0 saturated heterocycles. The summed E-state index contributed by atoms with van der Waals surface area (Å²) in [5.41, 5.74) is 2.11. The van der Waals surface area contributed by atoms with E-state index >= 15 is 0 Å². The average Bonchev–Trinajstić information content (AvgIpc) is 2.53. The fourth-order valence-electron chi connectivity index (χ4n) is 2.81. The molecule has 23 heavy (non-hydrogen) atoms. The van der Waals surface area contributed by atoms with Crippen LogP contribution in [0, 0.1) is 12.8 Å². The molecule has 0 amide bonds. The molecule has 0 aliphatic heterocycles. The first-order valence-corrected chi connectivity index (χ1v) is 8.17. The Bertz CT molecular complexity index is 586. The van der Waals surface area contributed by atoms with E-state index in [0.717, 1.165) is 17.5 Å². The van der Waals surface area contributed by atoms with Gasteiger partial charge in [-0.05, 0) is 25.8 Å². The highest BCUT2D eigenvalue weighted by atomic mass is 16.5. The molecule has 0 N–H and O–H groups in total. The topological polar surface area (TPSA) is 52.6 Å². The Morgan fingerprint density at radius 2 is 1.91 bits per heavy atom. The minimum atomic E-state index is -0.786. The van der Waals surface area contributed by atoms with Crippen LogP contribution in [-0.4, -0.2) is 25.0 Å². The molecule has 2 rings (SSSR count). The zero-order valence-electron chi connectivity index (χ0n) is 14.0. The Hall–Kier alpha value is -2.10. The first-order valence-electron chi connectivity index (χ1n) is 8.17. The number of hydrogen-bond acceptors (Lipinski definition) is 4. The second-order valence-corrected chi connectivity index (χ2v) is 5.81. The third-order valence-corrected chi connectivity index (χ3v) is 3.97. The van der Waals surface area contributed by atoms with E-state index in [2.05, 4.69) is 0 Å². The molecule has 0 saturated carbocycles. The maximum absolute atomic E-state index is 12.5. The van der Waals surface area contributed by atoms with Crippen LogP contribution >= 0.6 is 0 Å². The predicted molar refractivity (Wildman–Crippen MR) is 88.0 cm³/mol. The van der Waals surface area contributed by atoms with Gasteiger partial charge in [0, 0.05) is 18.4 Å². The standard InChI is InChI=1S/C19H24O4/c1-4-10-23-15-11-16(14-8-6-13(3)7-9-14)18(17(20)12-15)19(21)22-5-2/h6-9,12,16,18H,4-5,10-11H2,1-3H3. The zero-order valence-corrected chi connectivity index (χ0v) is 14.0. The molecule has 0 bridgehead atoms. The first kappa shape index (κ1) is 17.3. The third kappa shape index (κ3) is 4.21. The molecule has 0 spiro atoms. The molecule has 124 valence electrons. The van der Waals surface area contributed by atoms with Crippen molar-refractivity contribution < 1.29 is 19.1 Å². The van der Waals surface area contributed by atoms with Crippen LogP contribution in [0.15, 0.2) is 36.1 Å². The van der Waals surface area contributed by atoms with Gasteiger partial charge in [0.15, 0.2) is 5.78 Å². The van der Waals surface area contributed by atoms with Gasteiger partial charge < -0.3 is 9.47 Å². The second kappa shape index (κ2) is 7.95. The van der Waals surface area contributed by atoms with Crippen molar-refractivity contribution in [3.8, 4) is 0 Å². The molecule has 2 atom stereocenters. The number of ketones is 1. The molecule has 4 heteroatoms. The van der Waals surface area contributed by atoms with Gasteiger partial charge in [0.2, 0.25) is 0 Å². The van der Waals surface area contributed by atoms with Crippen molar-refractivity contribution in [2.45, 2.75) is 39.5 Å². The van der Waals surface area contributed by atoms with Crippen LogP contribution in [0.2, 0.25) is 0 Å². The van der Waals surface area contributed by atoms with E-state index in [1.165, 1.54) is 6.08 Å². The first-order chi connectivity index (χ1) is 11.1. The smallest absolute Gasteiger partial charge is 0.317 e. The SMILES string of the molecule is CCCOC1=CC(=O)C(C(=O)OCC)C(c2ccc(C)cc2)C1. The Balaban J connectivity index is 2.32. The lowest BCUT2D eigenvalue weighted by atomic mass is 9.77. The Morgan fingerprint density at radius 3 is 2.52 bits per heavy atom. The summed E-state index contributed by atoms with van der Waals surface area (Å²) < 4.78 is 10.8. The largest absolute Gasteiger partial charge is 0.498 e. The number of allylic oxidation sites excluding steroid dienone is 2. The van der Waals surface area contributed by atoms with Crippen molar-refractivity contribution in [1.29, 1.82) is 0 Å². The highest BCUT2D eigenvalue weighted by Crippen LogP contribution is 2.37. The van der Waals surface area contributed by atoms with E-state index in [-0.39, 0.29) is 18.3 Å². The van der Waals surface area contributed by atoms with Crippen molar-refractivity contribution in [1.82, 2.24) is 0 Å². The molecule has 0 aromatic heterocycles. The van der Waals surface area contributed by atoms with Crippen molar-refractivity contribution in [3.05, 3.63) is 47.2 Å². The normalized spacial score (nSPS) is 20.8. The fraction of sp³-hybridized carbons (Fsp3) is 0.474. The lowest BCUT2D eigenvalue weighted by Crippen LogP contribution is -2.34. The van der Waals surface area contributed by atoms with Crippen LogP contribution in [0.3, 0.4) is 0 Å². The summed E-state index contributed by atoms with van der Waals surface area (Å²) in [6, 6.07) is 7.93. The van der Waals surface area contributed by atoms with Crippen LogP contribution < -0.4 is 0 Å². The predicted octanol–water partition coefficient (Wildman–Crippen LogP) is 3.54. The highest BCUT2D eigenvalue weighted by molar-refractivity contribution is 6.06. The number of carbonyl (C=O) groups is 2. The fourth-order valence-corrected chi connectivity index (χ4v) is 2.81. The summed E-state index contributed by atoms with van der Waals surface area (Å²) in [5.74, 6) is -1.05. The second-order valence-electron chi connectivity index (χ2n) is 5.81. The minimum Gasteiger partial charge on any atom is -0.498 e. The number of hydrogen-bond donors (Lipinski definition) is 0. The van der Waals surface area contributed by atoms with E-state index < -0.39 is 11.9 Å². The number of carbonyl (C=O) groups excluding carboxylic acids is 2. The molecule has 0 radical (unpaired) electrons. The van der Waals surface area contributed by atoms with Gasteiger partial charge >= 0.3 is 5.97 Å². The Morgan fingerprint density at radius 1 is 1.22 bits per heavy atom. The van der Waals surface area contributed by atoms with Crippen LogP contribution in [0.4, 0.5) is 0 Å². The Labute approximate surface area is 137 Å². The summed E-state index contributed by atoms with van der Waals surface area (Å²) in [6.45, 7) is 6.62. The number of benzene rings is 1. The third-order valence-electron chi connectivity index (χ3n) is 3.97. The summed E-state index contributed by atoms with van der Waals surface area (Å²) in [5, 5.41) is 0. The van der Waals surface area contributed by atoms with Gasteiger partial charge in [0.05, 0.1) is 13.2 Å². The average molecular weight is 316 g/mol. The summed E-state index contributed by atoms with van der Waals surface area (Å²) >= 11 is 0. The van der Waals surface area contributed by atoms with Crippen molar-refractivity contribution >= 4 is 11.8 Å². The maximum atomic E-state index is 12.5. The van der Waals surface area contributed by atoms with E-state index in [4.69, 9.17) is 9.47 Å². The monoisotopic (exact) mass is 316 g/mol. The van der Waals surface area contributed by atoms with E-state index in [9.17, 15) is 9.59 Å². The maximum Gasteiger partial charge on any atom is 0.317 e. The molecule has 0 fully saturated rings. The molecule has 2 unspecified atom stereocenters. The van der Waals surface area contributed by atoms with Gasteiger partial charge in [-0.15, -0.1) is 0 Å². The van der Waals surface area contributed by atoms with E-state index in [1.807, 2.05) is 38.1 Å². The summed E-state index contributed by atoms with van der Waals surface area (Å²) in [4.78, 5) is 24.7. The summed E-state index contributed by atoms with van der Waals surface area (Å²) in [7, 11) is 0. The van der Waals surface area contributed by atoms with Gasteiger partial charge in [-0.1, -0.05) is 36.8 Å². The lowest BCUT2D eigenvalue weighted by Gasteiger charge is -2.29. The van der Waals surface area contributed by atoms with Gasteiger partial charge in [-0.25, -0.2) is 0 Å². The molecular formula is C19H24O4. The lowest BCUT2D eigenvalue weighted by molar-refractivity contribution is -0.152. The van der Waals surface area contributed by atoms with Crippen molar-refractivity contribution in [3.63, 3.8) is 0 Å². The molecule has 0 heterocycles. The number of rotatable bonds is 6. The van der Waals surface area contributed by atoms with Crippen LogP contribution in [-0.2, 0) is 19.1 Å². The van der Waals surface area contributed by atoms with Gasteiger partial charge in [0.25, 0.3) is 0 Å². The molecule has 1 aromatic carbocycles. The minimum absolute atomic E-state index is 0.230. The van der Waals surface area contributed by atoms with Gasteiger partial charge in [-0.2, -0.15) is 0 Å². The number of esters is 1. The van der Waals surface area contributed by atoms with Crippen LogP contribution in [0.1, 0.15) is 43.7 Å². The molecule has 4 nitrogen and oxygen atoms in total. The quantitative estimate of drug-likeness (QED) is 0.595. The molecular weight excluding hydrogens is 292 g/mol. The highest BCUT2D eigenvalue weighted by Gasteiger charge is 2.40.